The van der Waals surface area contributed by atoms with Gasteiger partial charge in [0, 0.05) is 6.54 Å². The number of ether oxygens (including phenoxy) is 2. The van der Waals surface area contributed by atoms with E-state index >= 15 is 0 Å². The normalized spacial score (nSPS) is 15.1. The molecule has 0 aliphatic carbocycles. The van der Waals surface area contributed by atoms with Gasteiger partial charge in [-0.05, 0) is 50.6 Å². The van der Waals surface area contributed by atoms with E-state index in [0.29, 0.717) is 21.9 Å². The van der Waals surface area contributed by atoms with Crippen LogP contribution in [0, 0.1) is 0 Å². The molecule has 2 atom stereocenters. The number of carbonyl (C=O) groups excluding carboxylic acids is 3. The van der Waals surface area contributed by atoms with Gasteiger partial charge in [-0.15, -0.1) is 9.75 Å². The van der Waals surface area contributed by atoms with E-state index in [-0.39, 0.29) is 17.7 Å². The summed E-state index contributed by atoms with van der Waals surface area (Å²) in [7, 11) is -4.24. The van der Waals surface area contributed by atoms with Crippen LogP contribution in [0.2, 0.25) is 0 Å². The third-order valence-electron chi connectivity index (χ3n) is 6.47. The zero-order chi connectivity index (χ0) is 34.0. The Morgan fingerprint density at radius 3 is 2.09 bits per heavy atom. The molecule has 0 saturated carbocycles. The van der Waals surface area contributed by atoms with Crippen molar-refractivity contribution in [3.63, 3.8) is 0 Å². The molecule has 248 valence electrons. The first-order chi connectivity index (χ1) is 21.4. The van der Waals surface area contributed by atoms with Crippen molar-refractivity contribution in [3.8, 4) is 16.9 Å². The third-order valence-corrected chi connectivity index (χ3v) is 7.56. The molecule has 1 unspecified atom stereocenters. The topological polar surface area (TPSA) is 160 Å². The Bertz CT molecular complexity index is 1680. The predicted molar refractivity (Wildman–Crippen MR) is 153 cm³/mol. The molecule has 2 heterocycles. The van der Waals surface area contributed by atoms with Crippen LogP contribution in [0.25, 0.3) is 11.1 Å². The molecule has 0 radical (unpaired) electrons. The van der Waals surface area contributed by atoms with E-state index < -0.39 is 64.4 Å². The smallest absolute Gasteiger partial charge is 0.490 e. The number of nitrogens with two attached hydrogens (primary N) is 1. The molecule has 2 amide bonds. The van der Waals surface area contributed by atoms with Crippen molar-refractivity contribution in [1.82, 2.24) is 9.75 Å². The van der Waals surface area contributed by atoms with Crippen molar-refractivity contribution in [3.05, 3.63) is 72.1 Å². The lowest BCUT2D eigenvalue weighted by Crippen LogP contribution is -2.44. The number of alkyl halides is 3. The van der Waals surface area contributed by atoms with Gasteiger partial charge in [0.25, 0.3) is 11.8 Å². The van der Waals surface area contributed by atoms with Crippen LogP contribution >= 0.6 is 0 Å². The van der Waals surface area contributed by atoms with Crippen molar-refractivity contribution < 1.29 is 59.1 Å². The molecule has 17 heteroatoms. The second-order valence-corrected chi connectivity index (χ2v) is 12.7. The molecule has 46 heavy (non-hydrogen) atoms. The molecule has 4 rings (SSSR count). The summed E-state index contributed by atoms with van der Waals surface area (Å²) in [6.45, 7) is 3.73. The van der Waals surface area contributed by atoms with Crippen LogP contribution in [-0.4, -0.2) is 72.4 Å². The number of aryl methyl sites for hydroxylation is 1. The average Bonchev–Trinajstić information content (AvgIpc) is 3.45. The van der Waals surface area contributed by atoms with Gasteiger partial charge in [0.2, 0.25) is 12.3 Å². The molecule has 1 aliphatic heterocycles. The van der Waals surface area contributed by atoms with E-state index in [9.17, 15) is 36.0 Å². The third kappa shape index (κ3) is 7.90. The molecule has 0 fully saturated rings. The molecule has 1 aliphatic rings. The van der Waals surface area contributed by atoms with E-state index in [4.69, 9.17) is 20.0 Å². The van der Waals surface area contributed by atoms with Crippen molar-refractivity contribution in [2.24, 2.45) is 12.8 Å². The molecule has 2 aromatic carbocycles. The van der Waals surface area contributed by atoms with Crippen LogP contribution in [0.4, 0.5) is 13.2 Å². The van der Waals surface area contributed by atoms with Crippen molar-refractivity contribution in [1.29, 1.82) is 0 Å². The maximum Gasteiger partial charge on any atom is 0.523 e. The number of amides is 2. The van der Waals surface area contributed by atoms with Crippen LogP contribution in [0.15, 0.2) is 60.9 Å². The number of imide groups is 1. The Balaban J connectivity index is 1.45. The standard InChI is InChI=1S/C29H32F3N4O9S/c1-28(2,3)43-27(39)24(44-36-25(37)22-7-5-6-8-23(22)26(36)38)17-42-20-11-9-18(10-12-20)19-14-34(4)35(15-19)16-21(13-33)45-46(40,41)29(30,31)32/h5-12,14-15,21,24H,13,16-17,33H2,1-4H3/q+1/t21?,24-/m0/s1. The molecule has 3 aromatic rings. The largest absolute Gasteiger partial charge is 0.523 e. The van der Waals surface area contributed by atoms with Gasteiger partial charge in [0.05, 0.1) is 22.9 Å². The Labute approximate surface area is 262 Å². The average molecular weight is 670 g/mol. The van der Waals surface area contributed by atoms with E-state index in [0.717, 1.165) is 0 Å². The fraction of sp³-hybridized carbons (Fsp3) is 0.379. The minimum atomic E-state index is -5.83. The Morgan fingerprint density at radius 1 is 0.978 bits per heavy atom. The summed E-state index contributed by atoms with van der Waals surface area (Å²) in [6.07, 6.45) is 0.245. The van der Waals surface area contributed by atoms with Crippen LogP contribution in [0.5, 0.6) is 5.75 Å². The zero-order valence-electron chi connectivity index (χ0n) is 25.2. The monoisotopic (exact) mass is 669 g/mol. The summed E-state index contributed by atoms with van der Waals surface area (Å²) >= 11 is 0. The van der Waals surface area contributed by atoms with Gasteiger partial charge in [-0.1, -0.05) is 24.3 Å². The maximum absolute atomic E-state index is 13.0. The number of esters is 1. The fourth-order valence-corrected chi connectivity index (χ4v) is 4.90. The highest BCUT2D eigenvalue weighted by Gasteiger charge is 2.48. The van der Waals surface area contributed by atoms with Gasteiger partial charge >= 0.3 is 21.6 Å². The predicted octanol–water partition coefficient (Wildman–Crippen LogP) is 2.49. The van der Waals surface area contributed by atoms with Crippen LogP contribution < -0.4 is 15.2 Å². The Kier molecular flexibility index (Phi) is 9.91. The molecule has 13 nitrogen and oxygen atoms in total. The number of hydroxylamine groups is 2. The van der Waals surface area contributed by atoms with Gasteiger partial charge in [-0.2, -0.15) is 26.3 Å². The highest BCUT2D eigenvalue weighted by molar-refractivity contribution is 7.87. The van der Waals surface area contributed by atoms with Crippen molar-refractivity contribution >= 4 is 27.9 Å². The second-order valence-electron chi connectivity index (χ2n) is 11.2. The molecule has 0 spiro atoms. The Hall–Kier alpha value is -4.32. The summed E-state index contributed by atoms with van der Waals surface area (Å²) < 4.78 is 79.5. The van der Waals surface area contributed by atoms with E-state index in [1.54, 1.807) is 76.6 Å². The van der Waals surface area contributed by atoms with Crippen molar-refractivity contribution in [2.75, 3.05) is 13.2 Å². The van der Waals surface area contributed by atoms with Gasteiger partial charge in [0.15, 0.2) is 7.05 Å². The first-order valence-corrected chi connectivity index (χ1v) is 15.2. The van der Waals surface area contributed by atoms with Crippen LogP contribution in [-0.2, 0) is 42.3 Å². The second kappa shape index (κ2) is 13.2. The Morgan fingerprint density at radius 2 is 1.57 bits per heavy atom. The number of fused-ring (bicyclic) bond motifs is 1. The lowest BCUT2D eigenvalue weighted by molar-refractivity contribution is -0.753. The first kappa shape index (κ1) is 34.6. The fourth-order valence-electron chi connectivity index (χ4n) is 4.29. The molecular formula is C29H32F3N4O9S+. The molecule has 0 saturated heterocycles. The van der Waals surface area contributed by atoms with Gasteiger partial charge < -0.3 is 15.2 Å². The van der Waals surface area contributed by atoms with Crippen LogP contribution in [0.1, 0.15) is 41.5 Å². The van der Waals surface area contributed by atoms with Crippen LogP contribution in [0.3, 0.4) is 0 Å². The number of halogens is 3. The highest BCUT2D eigenvalue weighted by atomic mass is 32.2. The number of carbonyl (C=O) groups is 3. The van der Waals surface area contributed by atoms with Gasteiger partial charge in [0.1, 0.15) is 30.6 Å². The van der Waals surface area contributed by atoms with Crippen molar-refractivity contribution in [2.45, 2.75) is 50.6 Å². The summed E-state index contributed by atoms with van der Waals surface area (Å²) in [5, 5.41) is 0.509. The number of hydrogen-bond donors (Lipinski definition) is 1. The highest BCUT2D eigenvalue weighted by Crippen LogP contribution is 2.27. The molecule has 1 aromatic heterocycles. The lowest BCUT2D eigenvalue weighted by Gasteiger charge is -2.26. The zero-order valence-corrected chi connectivity index (χ0v) is 26.0. The summed E-state index contributed by atoms with van der Waals surface area (Å²) in [5.74, 6) is -2.03. The molecule has 2 N–H and O–H groups in total. The number of benzene rings is 2. The summed E-state index contributed by atoms with van der Waals surface area (Å²) in [4.78, 5) is 44.1. The van der Waals surface area contributed by atoms with E-state index in [1.165, 1.54) is 21.5 Å². The number of hydrogen-bond acceptors (Lipinski definition) is 10. The SMILES string of the molecule is C[n+]1cc(-c2ccc(OC[C@H](ON3C(=O)c4ccccc4C3=O)C(=O)OC(C)(C)C)cc2)cn1CC(CN)OS(=O)(=O)C(F)(F)F. The van der Waals surface area contributed by atoms with E-state index in [2.05, 4.69) is 4.18 Å². The minimum absolute atomic E-state index is 0.131. The quantitative estimate of drug-likeness (QED) is 0.0998. The summed E-state index contributed by atoms with van der Waals surface area (Å²) in [6, 6.07) is 12.6. The number of rotatable bonds is 12. The minimum Gasteiger partial charge on any atom is -0.490 e. The molecular weight excluding hydrogens is 637 g/mol. The summed E-state index contributed by atoms with van der Waals surface area (Å²) in [5.41, 5.74) is 0.511. The lowest BCUT2D eigenvalue weighted by atomic mass is 10.1. The first-order valence-electron chi connectivity index (χ1n) is 13.8. The molecule has 0 bridgehead atoms. The number of nitrogens with zero attached hydrogens (tertiary/aromatic N) is 3. The number of aromatic nitrogens is 2. The maximum atomic E-state index is 13.0. The van der Waals surface area contributed by atoms with Gasteiger partial charge in [-0.3, -0.25) is 13.8 Å². The van der Waals surface area contributed by atoms with Gasteiger partial charge in [-0.25, -0.2) is 9.63 Å². The van der Waals surface area contributed by atoms with E-state index in [1.807, 2.05) is 0 Å².